The maximum absolute atomic E-state index is 6.21. The molecular weight excluding hydrogens is 188 g/mol. The molecule has 3 N–H and O–H groups in total. The van der Waals surface area contributed by atoms with Crippen molar-refractivity contribution in [3.63, 3.8) is 0 Å². The van der Waals surface area contributed by atoms with Gasteiger partial charge in [-0.2, -0.15) is 0 Å². The fraction of sp³-hybridized carbons (Fsp3) is 1.00. The molecule has 86 valence electrons. The van der Waals surface area contributed by atoms with Crippen LogP contribution in [0.5, 0.6) is 0 Å². The van der Waals surface area contributed by atoms with E-state index < -0.39 is 0 Å². The van der Waals surface area contributed by atoms with Gasteiger partial charge in [0, 0.05) is 19.7 Å². The maximum Gasteiger partial charge on any atom is 0.0659 e. The molecule has 0 bridgehead atoms. The van der Waals surface area contributed by atoms with Crippen LogP contribution in [-0.2, 0) is 4.74 Å². The van der Waals surface area contributed by atoms with Crippen LogP contribution < -0.4 is 11.1 Å². The predicted octanol–water partition coefficient (Wildman–Crippen LogP) is 0.884. The van der Waals surface area contributed by atoms with E-state index in [0.717, 1.165) is 32.1 Å². The lowest BCUT2D eigenvalue weighted by Gasteiger charge is -2.24. The van der Waals surface area contributed by atoms with Crippen LogP contribution in [0, 0.1) is 11.3 Å². The second-order valence-corrected chi connectivity index (χ2v) is 5.91. The molecule has 1 heterocycles. The summed E-state index contributed by atoms with van der Waals surface area (Å²) in [5.74, 6) is 1.04. The first-order valence-corrected chi connectivity index (χ1v) is 6.30. The Morgan fingerprint density at radius 2 is 2.00 bits per heavy atom. The largest absolute Gasteiger partial charge is 0.379 e. The first kappa shape index (κ1) is 10.1. The summed E-state index contributed by atoms with van der Waals surface area (Å²) in [6.45, 7) is 3.69. The highest BCUT2D eigenvalue weighted by Crippen LogP contribution is 2.60. The molecule has 3 nitrogen and oxygen atoms in total. The number of ether oxygens (including phenoxy) is 1. The van der Waals surface area contributed by atoms with Crippen LogP contribution >= 0.6 is 0 Å². The van der Waals surface area contributed by atoms with E-state index in [1.807, 2.05) is 0 Å². The van der Waals surface area contributed by atoms with Crippen LogP contribution in [0.25, 0.3) is 0 Å². The molecule has 2 saturated carbocycles. The van der Waals surface area contributed by atoms with Crippen molar-refractivity contribution in [3.05, 3.63) is 0 Å². The highest BCUT2D eigenvalue weighted by Gasteiger charge is 2.53. The summed E-state index contributed by atoms with van der Waals surface area (Å²) in [6, 6.07) is 0. The topological polar surface area (TPSA) is 47.3 Å². The van der Waals surface area contributed by atoms with Crippen molar-refractivity contribution in [2.24, 2.45) is 17.1 Å². The van der Waals surface area contributed by atoms with Gasteiger partial charge in [0.2, 0.25) is 0 Å². The maximum atomic E-state index is 6.21. The van der Waals surface area contributed by atoms with Gasteiger partial charge in [0.05, 0.1) is 12.1 Å². The Morgan fingerprint density at radius 1 is 1.20 bits per heavy atom. The Balaban J connectivity index is 1.43. The fourth-order valence-corrected chi connectivity index (χ4v) is 2.91. The summed E-state index contributed by atoms with van der Waals surface area (Å²) >= 11 is 0. The Kier molecular flexibility index (Phi) is 2.31. The Morgan fingerprint density at radius 3 is 2.53 bits per heavy atom. The Bertz CT molecular complexity index is 238. The first-order valence-electron chi connectivity index (χ1n) is 6.30. The third-order valence-corrected chi connectivity index (χ3v) is 4.42. The number of nitrogens with two attached hydrogens (primary N) is 1. The quantitative estimate of drug-likeness (QED) is 0.708. The Labute approximate surface area is 91.7 Å². The van der Waals surface area contributed by atoms with E-state index in [4.69, 9.17) is 10.5 Å². The van der Waals surface area contributed by atoms with Crippen molar-refractivity contribution in [2.45, 2.75) is 37.6 Å². The lowest BCUT2D eigenvalue weighted by atomic mass is 9.98. The van der Waals surface area contributed by atoms with E-state index >= 15 is 0 Å². The molecule has 3 heteroatoms. The van der Waals surface area contributed by atoms with Gasteiger partial charge < -0.3 is 15.8 Å². The average molecular weight is 210 g/mol. The van der Waals surface area contributed by atoms with Crippen LogP contribution in [0.4, 0.5) is 0 Å². The van der Waals surface area contributed by atoms with Gasteiger partial charge in [-0.3, -0.25) is 0 Å². The van der Waals surface area contributed by atoms with Gasteiger partial charge in [-0.1, -0.05) is 0 Å². The van der Waals surface area contributed by atoms with Gasteiger partial charge in [-0.25, -0.2) is 0 Å². The molecule has 0 radical (unpaired) electrons. The third kappa shape index (κ3) is 2.05. The molecule has 1 unspecified atom stereocenters. The van der Waals surface area contributed by atoms with Crippen LogP contribution in [0.3, 0.4) is 0 Å². The van der Waals surface area contributed by atoms with E-state index in [2.05, 4.69) is 5.32 Å². The molecule has 1 saturated heterocycles. The lowest BCUT2D eigenvalue weighted by molar-refractivity contribution is 0.176. The summed E-state index contributed by atoms with van der Waals surface area (Å²) in [5, 5.41) is 3.59. The van der Waals surface area contributed by atoms with Crippen molar-refractivity contribution < 1.29 is 4.74 Å². The van der Waals surface area contributed by atoms with Gasteiger partial charge in [-0.05, 0) is 43.4 Å². The normalized spacial score (nSPS) is 38.2. The van der Waals surface area contributed by atoms with Crippen molar-refractivity contribution in [2.75, 3.05) is 26.3 Å². The molecule has 3 aliphatic rings. The summed E-state index contributed by atoms with van der Waals surface area (Å²) < 4.78 is 5.35. The molecule has 3 rings (SSSR count). The molecule has 0 aromatic carbocycles. The zero-order valence-corrected chi connectivity index (χ0v) is 9.43. The van der Waals surface area contributed by atoms with E-state index in [1.54, 1.807) is 0 Å². The van der Waals surface area contributed by atoms with Crippen LogP contribution in [-0.4, -0.2) is 31.8 Å². The SMILES string of the molecule is NC1(CNCC2(C3CC3)CC2)CCOC1. The summed E-state index contributed by atoms with van der Waals surface area (Å²) in [4.78, 5) is 0. The lowest BCUT2D eigenvalue weighted by Crippen LogP contribution is -2.50. The molecule has 0 spiro atoms. The number of hydrogen-bond donors (Lipinski definition) is 2. The van der Waals surface area contributed by atoms with Gasteiger partial charge in [-0.15, -0.1) is 0 Å². The van der Waals surface area contributed by atoms with Crippen molar-refractivity contribution in [3.8, 4) is 0 Å². The highest BCUT2D eigenvalue weighted by molar-refractivity contribution is 5.05. The second kappa shape index (κ2) is 3.44. The smallest absolute Gasteiger partial charge is 0.0659 e. The predicted molar refractivity (Wildman–Crippen MR) is 59.6 cm³/mol. The molecule has 0 amide bonds. The monoisotopic (exact) mass is 210 g/mol. The van der Waals surface area contributed by atoms with Gasteiger partial charge in [0.1, 0.15) is 0 Å². The average Bonchev–Trinajstić information content (AvgIpc) is 3.07. The van der Waals surface area contributed by atoms with E-state index in [9.17, 15) is 0 Å². The minimum Gasteiger partial charge on any atom is -0.379 e. The first-order chi connectivity index (χ1) is 7.23. The van der Waals surface area contributed by atoms with Crippen LogP contribution in [0.1, 0.15) is 32.1 Å². The number of rotatable bonds is 5. The van der Waals surface area contributed by atoms with E-state index in [1.165, 1.54) is 32.2 Å². The molecule has 0 aromatic rings. The zero-order valence-electron chi connectivity index (χ0n) is 9.43. The highest BCUT2D eigenvalue weighted by atomic mass is 16.5. The second-order valence-electron chi connectivity index (χ2n) is 5.91. The third-order valence-electron chi connectivity index (χ3n) is 4.42. The van der Waals surface area contributed by atoms with E-state index in [-0.39, 0.29) is 5.54 Å². The van der Waals surface area contributed by atoms with Crippen LogP contribution in [0.15, 0.2) is 0 Å². The standard InChI is InChI=1S/C12H22N2O/c13-12(5-6-15-9-12)8-14-7-11(3-4-11)10-1-2-10/h10,14H,1-9,13H2. The number of nitrogens with one attached hydrogen (secondary N) is 1. The summed E-state index contributed by atoms with van der Waals surface area (Å²) in [6.07, 6.45) is 6.84. The van der Waals surface area contributed by atoms with Crippen molar-refractivity contribution >= 4 is 0 Å². The van der Waals surface area contributed by atoms with Gasteiger partial charge >= 0.3 is 0 Å². The molecule has 15 heavy (non-hydrogen) atoms. The van der Waals surface area contributed by atoms with Gasteiger partial charge in [0.25, 0.3) is 0 Å². The molecule has 1 atom stereocenters. The molecule has 1 aliphatic heterocycles. The summed E-state index contributed by atoms with van der Waals surface area (Å²) in [7, 11) is 0. The minimum atomic E-state index is -0.0837. The summed E-state index contributed by atoms with van der Waals surface area (Å²) in [5.41, 5.74) is 6.82. The van der Waals surface area contributed by atoms with Crippen molar-refractivity contribution in [1.82, 2.24) is 5.32 Å². The molecule has 3 fully saturated rings. The van der Waals surface area contributed by atoms with Crippen molar-refractivity contribution in [1.29, 1.82) is 0 Å². The molecule has 2 aliphatic carbocycles. The number of hydrogen-bond acceptors (Lipinski definition) is 3. The fourth-order valence-electron chi connectivity index (χ4n) is 2.91. The Hall–Kier alpha value is -0.120. The van der Waals surface area contributed by atoms with Crippen LogP contribution in [0.2, 0.25) is 0 Å². The molecule has 0 aromatic heterocycles. The molecular formula is C12H22N2O. The minimum absolute atomic E-state index is 0.0837. The zero-order chi connectivity index (χ0) is 10.4. The van der Waals surface area contributed by atoms with E-state index in [0.29, 0.717) is 5.41 Å². The van der Waals surface area contributed by atoms with Gasteiger partial charge in [0.15, 0.2) is 0 Å².